The van der Waals surface area contributed by atoms with Crippen LogP contribution in [0.25, 0.3) is 0 Å². The van der Waals surface area contributed by atoms with Crippen LogP contribution in [0.5, 0.6) is 0 Å². The highest BCUT2D eigenvalue weighted by Gasteiger charge is 2.21. The van der Waals surface area contributed by atoms with Gasteiger partial charge in [0.15, 0.2) is 0 Å². The first-order valence-corrected chi connectivity index (χ1v) is 13.9. The minimum atomic E-state index is -0.628. The van der Waals surface area contributed by atoms with Crippen molar-refractivity contribution in [3.05, 3.63) is 0 Å². The molecule has 194 valence electrons. The first-order valence-electron chi connectivity index (χ1n) is 11.4. The predicted molar refractivity (Wildman–Crippen MR) is 131 cm³/mol. The van der Waals surface area contributed by atoms with Gasteiger partial charge in [-0.25, -0.2) is 0 Å². The summed E-state index contributed by atoms with van der Waals surface area (Å²) in [7, 11) is 2.91. The summed E-state index contributed by atoms with van der Waals surface area (Å²) in [4.78, 5) is 50.6. The van der Waals surface area contributed by atoms with Crippen LogP contribution in [-0.2, 0) is 28.7 Å². The van der Waals surface area contributed by atoms with Crippen LogP contribution < -0.4 is 21.3 Å². The maximum Gasteiger partial charge on any atom is 0.243 e. The van der Waals surface area contributed by atoms with Gasteiger partial charge in [-0.2, -0.15) is 0 Å². The quantitative estimate of drug-likeness (QED) is 0.0952. The molecule has 0 radical (unpaired) electrons. The van der Waals surface area contributed by atoms with E-state index in [0.717, 1.165) is 19.6 Å². The first kappa shape index (κ1) is 28.7. The van der Waals surface area contributed by atoms with Crippen LogP contribution in [0, 0.1) is 0 Å². The number of morpholine rings is 2. The molecule has 0 saturated carbocycles. The van der Waals surface area contributed by atoms with Crippen LogP contribution in [0.2, 0.25) is 0 Å². The van der Waals surface area contributed by atoms with Crippen molar-refractivity contribution in [3.63, 3.8) is 0 Å². The van der Waals surface area contributed by atoms with Crippen LogP contribution in [0.15, 0.2) is 0 Å². The van der Waals surface area contributed by atoms with Gasteiger partial charge in [0.1, 0.15) is 6.04 Å². The van der Waals surface area contributed by atoms with Gasteiger partial charge in [0.05, 0.1) is 39.1 Å². The molecule has 4 N–H and O–H groups in total. The summed E-state index contributed by atoms with van der Waals surface area (Å²) in [6.07, 6.45) is 1.22. The number of hydrogen-bond donors (Lipinski definition) is 4. The maximum atomic E-state index is 12.4. The predicted octanol–water partition coefficient (Wildman–Crippen LogP) is -2.16. The smallest absolute Gasteiger partial charge is 0.243 e. The van der Waals surface area contributed by atoms with Crippen LogP contribution >= 0.6 is 21.6 Å². The summed E-state index contributed by atoms with van der Waals surface area (Å²) < 4.78 is 10.6. The molecule has 0 aliphatic carbocycles. The van der Waals surface area contributed by atoms with E-state index in [1.54, 1.807) is 0 Å². The van der Waals surface area contributed by atoms with Crippen LogP contribution in [0.3, 0.4) is 0 Å². The minimum absolute atomic E-state index is 0.109. The van der Waals surface area contributed by atoms with E-state index in [0.29, 0.717) is 83.4 Å². The lowest BCUT2D eigenvalue weighted by Crippen LogP contribution is -2.55. The van der Waals surface area contributed by atoms with E-state index >= 15 is 0 Å². The van der Waals surface area contributed by atoms with E-state index < -0.39 is 6.04 Å². The monoisotopic (exact) mass is 520 g/mol. The van der Waals surface area contributed by atoms with Crippen molar-refractivity contribution in [2.75, 3.05) is 83.7 Å². The molecule has 0 aromatic heterocycles. The molecule has 2 heterocycles. The van der Waals surface area contributed by atoms with E-state index in [9.17, 15) is 19.2 Å². The zero-order valence-electron chi connectivity index (χ0n) is 19.4. The molecule has 0 spiro atoms. The van der Waals surface area contributed by atoms with Crippen LogP contribution in [0.4, 0.5) is 0 Å². The number of nitrogens with zero attached hydrogens (tertiary/aromatic N) is 2. The molecular weight excluding hydrogens is 484 g/mol. The van der Waals surface area contributed by atoms with Crippen molar-refractivity contribution in [2.24, 2.45) is 0 Å². The minimum Gasteiger partial charge on any atom is -0.379 e. The lowest BCUT2D eigenvalue weighted by Gasteiger charge is -2.34. The van der Waals surface area contributed by atoms with Crippen molar-refractivity contribution < 1.29 is 28.7 Å². The normalized spacial score (nSPS) is 18.9. The molecule has 4 amide bonds. The first-order chi connectivity index (χ1) is 16.6. The molecule has 0 bridgehead atoms. The van der Waals surface area contributed by atoms with Crippen LogP contribution in [0.1, 0.15) is 6.42 Å². The summed E-state index contributed by atoms with van der Waals surface area (Å²) in [5.74, 6) is 0.633. The molecule has 12 nitrogen and oxygen atoms in total. The van der Waals surface area contributed by atoms with Gasteiger partial charge in [-0.1, -0.05) is 21.6 Å². The van der Waals surface area contributed by atoms with Gasteiger partial charge in [-0.3, -0.25) is 29.0 Å². The van der Waals surface area contributed by atoms with Crippen molar-refractivity contribution in [3.8, 4) is 0 Å². The average Bonchev–Trinajstić information content (AvgIpc) is 2.86. The zero-order valence-corrected chi connectivity index (χ0v) is 21.0. The second-order valence-corrected chi connectivity index (χ2v) is 10.3. The summed E-state index contributed by atoms with van der Waals surface area (Å²) in [6, 6.07) is -0.628. The largest absolute Gasteiger partial charge is 0.379 e. The summed E-state index contributed by atoms with van der Waals surface area (Å²) in [5.41, 5.74) is 0. The van der Waals surface area contributed by atoms with Gasteiger partial charge in [0.2, 0.25) is 24.6 Å². The fourth-order valence-corrected chi connectivity index (χ4v) is 5.60. The Kier molecular flexibility index (Phi) is 15.0. The highest BCUT2D eigenvalue weighted by Crippen LogP contribution is 2.22. The molecule has 2 rings (SSSR count). The Hall–Kier alpha value is -1.58. The fraction of sp³-hybridized carbons (Fsp3) is 0.800. The Morgan fingerprint density at radius 3 is 2.26 bits per heavy atom. The molecule has 0 aromatic rings. The standard InChI is InChI=1S/C20H36N6O6S2/c27-15-23-17(20(30)21-2-3-25-4-8-31-9-5-25)14-34-33-12-1-19(29)22-13-18(24-16-28)26-6-10-32-11-7-26/h15-18H,1-14H2,(H,21,30)(H,22,29)(H,23,27)(H,24,28). The number of ether oxygens (including phenoxy) is 2. The number of carbonyl (C=O) groups is 4. The molecule has 2 saturated heterocycles. The van der Waals surface area contributed by atoms with Gasteiger partial charge in [0, 0.05) is 57.2 Å². The molecular formula is C20H36N6O6S2. The van der Waals surface area contributed by atoms with Gasteiger partial charge in [-0.05, 0) is 0 Å². The molecule has 34 heavy (non-hydrogen) atoms. The molecule has 2 atom stereocenters. The van der Waals surface area contributed by atoms with Gasteiger partial charge in [0.25, 0.3) is 0 Å². The molecule has 2 aliphatic heterocycles. The number of amides is 4. The fourth-order valence-electron chi connectivity index (χ4n) is 3.44. The Morgan fingerprint density at radius 2 is 1.59 bits per heavy atom. The third-order valence-electron chi connectivity index (χ3n) is 5.39. The lowest BCUT2D eigenvalue weighted by atomic mass is 10.3. The Bertz CT molecular complexity index is 622. The summed E-state index contributed by atoms with van der Waals surface area (Å²) >= 11 is 0. The molecule has 2 aliphatic rings. The van der Waals surface area contributed by atoms with E-state index in [2.05, 4.69) is 31.1 Å². The highest BCUT2D eigenvalue weighted by molar-refractivity contribution is 8.76. The topological polar surface area (TPSA) is 141 Å². The van der Waals surface area contributed by atoms with Crippen molar-refractivity contribution in [1.29, 1.82) is 0 Å². The third-order valence-corrected chi connectivity index (χ3v) is 7.80. The van der Waals surface area contributed by atoms with E-state index in [4.69, 9.17) is 9.47 Å². The Morgan fingerprint density at radius 1 is 0.912 bits per heavy atom. The molecule has 2 fully saturated rings. The summed E-state index contributed by atoms with van der Waals surface area (Å²) in [5, 5.41) is 11.0. The number of carbonyl (C=O) groups excluding carboxylic acids is 4. The van der Waals surface area contributed by atoms with Crippen molar-refractivity contribution in [1.82, 2.24) is 31.1 Å². The zero-order chi connectivity index (χ0) is 24.4. The lowest BCUT2D eigenvalue weighted by molar-refractivity contribution is -0.124. The highest BCUT2D eigenvalue weighted by atomic mass is 33.1. The average molecular weight is 521 g/mol. The Labute approximate surface area is 208 Å². The van der Waals surface area contributed by atoms with Crippen LogP contribution in [-0.4, -0.2) is 130 Å². The molecule has 2 unspecified atom stereocenters. The SMILES string of the molecule is O=CNC(CSSCCC(=O)NCC(NC=O)N1CCOCC1)C(=O)NCCN1CCOCC1. The van der Waals surface area contributed by atoms with Gasteiger partial charge >= 0.3 is 0 Å². The summed E-state index contributed by atoms with van der Waals surface area (Å²) in [6.45, 7) is 7.31. The maximum absolute atomic E-state index is 12.4. The van der Waals surface area contributed by atoms with Crippen molar-refractivity contribution in [2.45, 2.75) is 18.6 Å². The second-order valence-electron chi connectivity index (χ2n) is 7.69. The third kappa shape index (κ3) is 11.7. The van der Waals surface area contributed by atoms with Crippen molar-refractivity contribution >= 4 is 46.2 Å². The number of nitrogens with one attached hydrogen (secondary N) is 4. The van der Waals surface area contributed by atoms with Gasteiger partial charge < -0.3 is 30.7 Å². The van der Waals surface area contributed by atoms with Gasteiger partial charge in [-0.15, -0.1) is 0 Å². The second kappa shape index (κ2) is 17.8. The molecule has 0 aromatic carbocycles. The number of rotatable bonds is 17. The molecule has 14 heteroatoms. The number of hydrogen-bond acceptors (Lipinski definition) is 10. The van der Waals surface area contributed by atoms with E-state index in [1.807, 2.05) is 0 Å². The Balaban J connectivity index is 1.57. The van der Waals surface area contributed by atoms with E-state index in [1.165, 1.54) is 21.6 Å². The van der Waals surface area contributed by atoms with E-state index in [-0.39, 0.29) is 18.0 Å².